The van der Waals surface area contributed by atoms with Crippen molar-refractivity contribution in [2.24, 2.45) is 0 Å². The first-order valence-corrected chi connectivity index (χ1v) is 44.0. The van der Waals surface area contributed by atoms with E-state index in [9.17, 15) is 111 Å². The monoisotopic (exact) mass is 1950 g/mol. The number of anilines is 8. The van der Waals surface area contributed by atoms with E-state index in [-0.39, 0.29) is 218 Å². The normalized spacial score (nSPS) is 17.2. The lowest BCUT2D eigenvalue weighted by Gasteiger charge is -2.47. The first-order chi connectivity index (χ1) is 66.6. The molecule has 139 heavy (non-hydrogen) atoms. The summed E-state index contributed by atoms with van der Waals surface area (Å²) in [6, 6.07) is 34.9. The highest BCUT2D eigenvalue weighted by Gasteiger charge is 2.44. The number of fused-ring (bicyclic) bond motifs is 10. The highest BCUT2D eigenvalue weighted by molar-refractivity contribution is 6.09. The smallest absolute Gasteiger partial charge is 0.416 e. The largest absolute Gasteiger partial charge is 0.433 e. The zero-order valence-corrected chi connectivity index (χ0v) is 73.7. The number of aliphatic hydroxyl groups is 4. The molecule has 46 heteroatoms. The molecule has 8 saturated heterocycles. The van der Waals surface area contributed by atoms with Gasteiger partial charge in [-0.05, 0) is 160 Å². The summed E-state index contributed by atoms with van der Waals surface area (Å²) in [5.41, 5.74) is 2.22. The number of nitrogens with zero attached hydrogens (tertiary/aromatic N) is 13. The number of aryl methyl sites for hydroxylation is 4. The molecule has 8 fully saturated rings. The second kappa shape index (κ2) is 43.3. The Balaban J connectivity index is 0.000000140. The van der Waals surface area contributed by atoms with E-state index in [0.29, 0.717) is 68.2 Å². The molecular formula is C93H91F13N18O15. The van der Waals surface area contributed by atoms with Crippen LogP contribution in [-0.2, 0) is 67.2 Å². The number of ether oxygens (including phenoxy) is 3. The van der Waals surface area contributed by atoms with Crippen LogP contribution in [0.2, 0.25) is 0 Å². The summed E-state index contributed by atoms with van der Waals surface area (Å²) >= 11 is 0. The van der Waals surface area contributed by atoms with Crippen LogP contribution >= 0.6 is 0 Å². The summed E-state index contributed by atoms with van der Waals surface area (Å²) in [6.45, 7) is 0.391. The molecule has 8 aliphatic rings. The minimum absolute atomic E-state index is 0.0173. The van der Waals surface area contributed by atoms with Gasteiger partial charge in [0.25, 0.3) is 48.3 Å². The van der Waals surface area contributed by atoms with Crippen LogP contribution in [0.15, 0.2) is 158 Å². The van der Waals surface area contributed by atoms with Crippen LogP contribution in [0.4, 0.5) is 104 Å². The number of carbonyl (C=O) groups excluding carboxylic acids is 8. The van der Waals surface area contributed by atoms with E-state index >= 15 is 4.39 Å². The molecule has 0 saturated carbocycles. The number of alkyl halides is 12. The average Bonchev–Trinajstić information content (AvgIpc) is 1.75. The van der Waals surface area contributed by atoms with Gasteiger partial charge in [0, 0.05) is 154 Å². The van der Waals surface area contributed by atoms with Crippen molar-refractivity contribution in [2.75, 3.05) is 133 Å². The van der Waals surface area contributed by atoms with E-state index in [2.05, 4.69) is 56.2 Å². The van der Waals surface area contributed by atoms with Gasteiger partial charge in [-0.15, -0.1) is 0 Å². The van der Waals surface area contributed by atoms with E-state index < -0.39 is 78.3 Å². The van der Waals surface area contributed by atoms with Crippen molar-refractivity contribution >= 4 is 138 Å². The lowest BCUT2D eigenvalue weighted by atomic mass is 9.90. The van der Waals surface area contributed by atoms with Gasteiger partial charge in [0.2, 0.25) is 35.6 Å². The molecule has 8 aliphatic heterocycles. The molecule has 12 heterocycles. The number of carbonyl (C=O) groups is 8. The standard InChI is InChI=1S/C25H27F2N5O3.C23H21F5N4O5.C23H23F2N5O3.C22H20F4N4O4/c26-23(27)16-3-1-4-17(13-16)24(35)29-25-28-20-14-19(5-6-21(20)31(25)9-2-12-33)32-18-7-10-30(11-8-18)15-22(32)34;24-21(25)37-18-11-16-15(10-17(18)31-6-8-36-12-19(31)34)29-22(32(16)5-2-7-33)30-20(35)13-3-1-4-14(9-13)23(26,27)28;24-20(25)13-3-1-4-14(9-13)21(32)28-23-27-17-11-16(5-6-19(17)29(23)7-2-8-31)30-12-15-10-18(26-15)22(30)33;23-16-10-15(29-6-8-34-12-18(29)32)11-17-19(16)30(5-2-7-31)21(27-17)28-20(33)13-3-1-4-14(9-13)22(24,25)26/h1,3-6,13-14,18,23,33H,2,7-12,15H2,(H,28,29,35);1,3-4,9-11,21,33H,2,5-8,12H2,(H,29,30,35);1,3-6,9,11,15,18,20,26,31H,2,7-8,10,12H2,(H,27,28,32);1,3-4,9-11,31H,2,5-8,12H2,(H,27,28,33). The summed E-state index contributed by atoms with van der Waals surface area (Å²) in [5.74, 6) is -4.33. The molecule has 33 nitrogen and oxygen atoms in total. The Bertz CT molecular complexity index is 6580. The molecule has 8 aromatic carbocycles. The Morgan fingerprint density at radius 1 is 0.468 bits per heavy atom. The number of aliphatic hydroxyl groups excluding tert-OH is 4. The zero-order chi connectivity index (χ0) is 98.8. The number of hydrogen-bond donors (Lipinski definition) is 9. The molecule has 12 aromatic rings. The van der Waals surface area contributed by atoms with Gasteiger partial charge in [0.1, 0.15) is 18.7 Å². The minimum Gasteiger partial charge on any atom is -0.433 e. The van der Waals surface area contributed by atoms with Crippen molar-refractivity contribution in [1.82, 2.24) is 48.4 Å². The van der Waals surface area contributed by atoms with Gasteiger partial charge < -0.3 is 77.8 Å². The fourth-order valence-corrected chi connectivity index (χ4v) is 16.9. The molecule has 4 bridgehead atoms. The number of halogens is 13. The number of benzene rings is 8. The third-order valence-corrected chi connectivity index (χ3v) is 23.7. The first kappa shape index (κ1) is 99.4. The van der Waals surface area contributed by atoms with Gasteiger partial charge >= 0.3 is 19.0 Å². The quantitative estimate of drug-likeness (QED) is 0.0206. The Labute approximate surface area is 781 Å². The van der Waals surface area contributed by atoms with Crippen molar-refractivity contribution in [2.45, 2.75) is 121 Å². The minimum atomic E-state index is -4.65. The average molecular weight is 1950 g/mol. The molecule has 0 radical (unpaired) electrons. The number of morpholine rings is 2. The van der Waals surface area contributed by atoms with Gasteiger partial charge in [-0.3, -0.25) is 64.5 Å². The molecule has 0 spiro atoms. The molecule has 2 unspecified atom stereocenters. The lowest BCUT2D eigenvalue weighted by molar-refractivity contribution is -0.138. The Morgan fingerprint density at radius 2 is 0.892 bits per heavy atom. The first-order valence-electron chi connectivity index (χ1n) is 44.0. The van der Waals surface area contributed by atoms with Crippen LogP contribution in [-0.4, -0.2) is 228 Å². The van der Waals surface area contributed by atoms with Gasteiger partial charge in [-0.1, -0.05) is 36.4 Å². The molecular weight excluding hydrogens is 1860 g/mol. The number of nitrogens with one attached hydrogen (secondary N) is 5. The van der Waals surface area contributed by atoms with E-state index in [1.807, 2.05) is 35.2 Å². The molecule has 20 rings (SSSR count). The van der Waals surface area contributed by atoms with Crippen LogP contribution in [0.25, 0.3) is 44.1 Å². The molecule has 2 atom stereocenters. The van der Waals surface area contributed by atoms with Crippen molar-refractivity contribution in [1.29, 1.82) is 0 Å². The maximum Gasteiger partial charge on any atom is 0.416 e. The highest BCUT2D eigenvalue weighted by atomic mass is 19.4. The van der Waals surface area contributed by atoms with Crippen molar-refractivity contribution in [3.8, 4) is 5.75 Å². The van der Waals surface area contributed by atoms with Crippen molar-refractivity contribution in [3.63, 3.8) is 0 Å². The lowest BCUT2D eigenvalue weighted by Crippen LogP contribution is -2.70. The van der Waals surface area contributed by atoms with E-state index in [0.717, 1.165) is 91.2 Å². The van der Waals surface area contributed by atoms with Gasteiger partial charge in [0.05, 0.1) is 81.2 Å². The third-order valence-electron chi connectivity index (χ3n) is 23.7. The summed E-state index contributed by atoms with van der Waals surface area (Å²) in [4.78, 5) is 127. The van der Waals surface area contributed by atoms with Crippen molar-refractivity contribution in [3.05, 3.63) is 208 Å². The van der Waals surface area contributed by atoms with E-state index in [1.54, 1.807) is 20.1 Å². The SMILES string of the molecule is O=C(Nc1nc2cc(N3C(=O)CN4CCC3CC4)ccc2n1CCCO)c1cccc(C(F)F)c1.O=C(Nc1nc2cc(N3CC4CC(N4)C3=O)ccc2n1CCCO)c1cccc(C(F)F)c1.O=C(Nc1nc2cc(N3CCOCC3=O)c(OC(F)F)cc2n1CCCO)c1cccc(C(F)(F)F)c1.O=C(Nc1nc2cc(N3CCOCC3=O)cc(F)c2n1CCCO)c1cccc(C(F)(F)F)c1. The zero-order valence-electron chi connectivity index (χ0n) is 73.7. The molecule has 8 amide bonds. The van der Waals surface area contributed by atoms with E-state index in [1.165, 1.54) is 91.7 Å². The summed E-state index contributed by atoms with van der Waals surface area (Å²) in [5, 5.41) is 50.7. The van der Waals surface area contributed by atoms with Gasteiger partial charge in [-0.2, -0.15) is 35.1 Å². The number of imidazole rings is 4. The van der Waals surface area contributed by atoms with Crippen LogP contribution in [0.5, 0.6) is 5.75 Å². The van der Waals surface area contributed by atoms with Gasteiger partial charge in [0.15, 0.2) is 11.6 Å². The third kappa shape index (κ3) is 22.9. The van der Waals surface area contributed by atoms with Crippen LogP contribution in [0.3, 0.4) is 0 Å². The Kier molecular flexibility index (Phi) is 31.0. The molecule has 9 N–H and O–H groups in total. The number of piperazine rings is 1. The molecule has 0 aliphatic carbocycles. The van der Waals surface area contributed by atoms with E-state index in [4.69, 9.17) is 9.47 Å². The number of hydrogen-bond acceptors (Lipinski definition) is 21. The summed E-state index contributed by atoms with van der Waals surface area (Å²) in [7, 11) is 0. The topological polar surface area (TPSA) is 393 Å². The predicted molar refractivity (Wildman–Crippen MR) is 481 cm³/mol. The fraction of sp³-hybridized carbons (Fsp3) is 0.355. The molecule has 734 valence electrons. The number of amides is 8. The van der Waals surface area contributed by atoms with Crippen molar-refractivity contribution < 1.29 is 130 Å². The Morgan fingerprint density at radius 3 is 1.35 bits per heavy atom. The van der Waals surface area contributed by atoms with Crippen LogP contribution < -0.4 is 50.9 Å². The maximum atomic E-state index is 15.1. The summed E-state index contributed by atoms with van der Waals surface area (Å²) < 4.78 is 193. The second-order valence-electron chi connectivity index (χ2n) is 32.9. The molecule has 4 aromatic heterocycles. The maximum absolute atomic E-state index is 15.1. The summed E-state index contributed by atoms with van der Waals surface area (Å²) in [6.07, 6.45) is -10.6. The van der Waals surface area contributed by atoms with Gasteiger partial charge in [-0.25, -0.2) is 41.9 Å². The number of aromatic nitrogens is 8. The predicted octanol–water partition coefficient (Wildman–Crippen LogP) is 13.0. The van der Waals surface area contributed by atoms with Crippen LogP contribution in [0.1, 0.15) is 121 Å². The van der Waals surface area contributed by atoms with Crippen LogP contribution in [0, 0.1) is 5.82 Å². The Hall–Kier alpha value is -14.0. The highest BCUT2D eigenvalue weighted by Crippen LogP contribution is 2.41. The second-order valence-corrected chi connectivity index (χ2v) is 32.9. The fourth-order valence-electron chi connectivity index (χ4n) is 16.9. The number of rotatable bonds is 28. The number of piperidine rings is 2.